The number of para-hydroxylation sites is 1. The first-order valence-electron chi connectivity index (χ1n) is 25.5. The minimum Gasteiger partial charge on any atom is -0.310 e. The molecule has 0 saturated heterocycles. The molecule has 0 amide bonds. The Hall–Kier alpha value is -9.28. The first-order valence-corrected chi connectivity index (χ1v) is 26.3. The lowest BCUT2D eigenvalue weighted by atomic mass is 9.67. The maximum absolute atomic E-state index is 2.49. The quantitative estimate of drug-likeness (QED) is 0.147. The van der Waals surface area contributed by atoms with E-state index in [0.29, 0.717) is 0 Å². The molecule has 0 aliphatic heterocycles. The van der Waals surface area contributed by atoms with Crippen LogP contribution in [0.25, 0.3) is 91.8 Å². The maximum Gasteiger partial charge on any atom is 0.0713 e. The largest absolute Gasteiger partial charge is 0.310 e. The molecule has 1 aliphatic carbocycles. The average molecular weight is 959 g/mol. The van der Waals surface area contributed by atoms with E-state index in [9.17, 15) is 0 Å². The van der Waals surface area contributed by atoms with E-state index in [2.05, 4.69) is 289 Å². The molecular weight excluding hydrogens is 913 g/mol. The number of hydrogen-bond donors (Lipinski definition) is 0. The normalized spacial score (nSPS) is 12.7. The zero-order valence-electron chi connectivity index (χ0n) is 40.4. The summed E-state index contributed by atoms with van der Waals surface area (Å²) in [5.74, 6) is 0. The number of aromatic nitrogens is 1. The number of fused-ring (bicyclic) bond motifs is 10. The van der Waals surface area contributed by atoms with E-state index in [4.69, 9.17) is 0 Å². The molecule has 0 fully saturated rings. The third-order valence-corrected chi connectivity index (χ3v) is 16.8. The van der Waals surface area contributed by atoms with Crippen LogP contribution in [-0.4, -0.2) is 4.57 Å². The van der Waals surface area contributed by atoms with Crippen LogP contribution in [-0.2, 0) is 5.41 Å². The van der Waals surface area contributed by atoms with Crippen molar-refractivity contribution in [2.75, 3.05) is 4.90 Å². The van der Waals surface area contributed by atoms with E-state index in [1.54, 1.807) is 0 Å². The van der Waals surface area contributed by atoms with Gasteiger partial charge in [-0.3, -0.25) is 0 Å². The van der Waals surface area contributed by atoms with Crippen molar-refractivity contribution in [1.82, 2.24) is 4.57 Å². The molecule has 2 nitrogen and oxygen atoms in total. The molecule has 74 heavy (non-hydrogen) atoms. The molecule has 0 N–H and O–H groups in total. The standard InChI is InChI=1S/C71H46N2S/c1-3-18-51(19-4-1)71(65-27-12-9-23-59(65)60-24-10-13-28-66(60)71)52-35-42-68-63(45-52)62-44-50(34-41-67(62)73(68)53-20-5-2-6-21-53)47-30-36-54(37-31-47)72(56-40-43-70-64(46-56)61-25-11-14-29-69(61)74-70)55-38-32-49(33-39-55)58-26-15-17-48-16-7-8-22-57(48)58/h1-46H. The third kappa shape index (κ3) is 6.50. The van der Waals surface area contributed by atoms with Gasteiger partial charge in [0.1, 0.15) is 0 Å². The summed E-state index contributed by atoms with van der Waals surface area (Å²) < 4.78 is 5.03. The van der Waals surface area contributed by atoms with E-state index in [1.165, 1.54) is 103 Å². The van der Waals surface area contributed by atoms with Gasteiger partial charge >= 0.3 is 0 Å². The van der Waals surface area contributed by atoms with Gasteiger partial charge in [0.2, 0.25) is 0 Å². The summed E-state index contributed by atoms with van der Waals surface area (Å²) in [6.07, 6.45) is 0. The van der Waals surface area contributed by atoms with Crippen molar-refractivity contribution in [1.29, 1.82) is 0 Å². The fraction of sp³-hybridized carbons (Fsp3) is 0.0141. The van der Waals surface area contributed by atoms with E-state index >= 15 is 0 Å². The Morgan fingerprint density at radius 1 is 0.311 bits per heavy atom. The summed E-state index contributed by atoms with van der Waals surface area (Å²) in [6, 6.07) is 103. The van der Waals surface area contributed by atoms with Crippen LogP contribution in [0.4, 0.5) is 17.1 Å². The zero-order valence-corrected chi connectivity index (χ0v) is 41.2. The van der Waals surface area contributed by atoms with Crippen molar-refractivity contribution in [3.63, 3.8) is 0 Å². The van der Waals surface area contributed by atoms with Gasteiger partial charge in [0, 0.05) is 53.7 Å². The number of thiophene rings is 1. The molecule has 14 aromatic rings. The van der Waals surface area contributed by atoms with Crippen LogP contribution >= 0.6 is 11.3 Å². The summed E-state index contributed by atoms with van der Waals surface area (Å²) in [7, 11) is 0. The number of benzene rings is 12. The molecule has 2 aromatic heterocycles. The lowest BCUT2D eigenvalue weighted by Gasteiger charge is -2.34. The second-order valence-corrected chi connectivity index (χ2v) is 20.7. The first kappa shape index (κ1) is 42.4. The van der Waals surface area contributed by atoms with E-state index in [0.717, 1.165) is 28.3 Å². The summed E-state index contributed by atoms with van der Waals surface area (Å²) in [4.78, 5) is 2.41. The molecular formula is C71H46N2S. The van der Waals surface area contributed by atoms with E-state index in [-0.39, 0.29) is 0 Å². The lowest BCUT2D eigenvalue weighted by molar-refractivity contribution is 0.770. The van der Waals surface area contributed by atoms with Gasteiger partial charge in [-0.05, 0) is 151 Å². The Morgan fingerprint density at radius 2 is 0.851 bits per heavy atom. The minimum atomic E-state index is -0.500. The Kier molecular flexibility index (Phi) is 9.70. The fourth-order valence-corrected chi connectivity index (χ4v) is 13.5. The van der Waals surface area contributed by atoms with Crippen LogP contribution in [0.1, 0.15) is 22.3 Å². The van der Waals surface area contributed by atoms with Gasteiger partial charge in [-0.25, -0.2) is 0 Å². The minimum absolute atomic E-state index is 0.500. The maximum atomic E-state index is 2.49. The highest BCUT2D eigenvalue weighted by molar-refractivity contribution is 7.25. The molecule has 0 saturated carbocycles. The Labute approximate surface area is 433 Å². The van der Waals surface area contributed by atoms with Crippen LogP contribution < -0.4 is 4.90 Å². The summed E-state index contributed by atoms with van der Waals surface area (Å²) >= 11 is 1.86. The third-order valence-electron chi connectivity index (χ3n) is 15.7. The molecule has 346 valence electrons. The Morgan fingerprint density at radius 3 is 1.59 bits per heavy atom. The highest BCUT2D eigenvalue weighted by Crippen LogP contribution is 2.56. The van der Waals surface area contributed by atoms with Gasteiger partial charge in [0.25, 0.3) is 0 Å². The summed E-state index contributed by atoms with van der Waals surface area (Å²) in [5, 5.41) is 7.52. The van der Waals surface area contributed by atoms with Crippen molar-refractivity contribution in [3.8, 4) is 39.1 Å². The zero-order chi connectivity index (χ0) is 48.7. The second-order valence-electron chi connectivity index (χ2n) is 19.6. The molecule has 0 bridgehead atoms. The molecule has 0 radical (unpaired) electrons. The molecule has 0 atom stereocenters. The second kappa shape index (κ2) is 16.9. The van der Waals surface area contributed by atoms with Crippen molar-refractivity contribution in [2.45, 2.75) is 5.41 Å². The van der Waals surface area contributed by atoms with Crippen molar-refractivity contribution >= 4 is 81.1 Å². The molecule has 3 heteroatoms. The van der Waals surface area contributed by atoms with Crippen LogP contribution in [0, 0.1) is 0 Å². The van der Waals surface area contributed by atoms with Crippen molar-refractivity contribution in [3.05, 3.63) is 301 Å². The van der Waals surface area contributed by atoms with Crippen molar-refractivity contribution < 1.29 is 0 Å². The summed E-state index contributed by atoms with van der Waals surface area (Å²) in [6.45, 7) is 0. The Bertz CT molecular complexity index is 4420. The SMILES string of the molecule is c1ccc(-n2c3ccc(-c4ccc(N(c5ccc(-c6cccc7ccccc67)cc5)c5ccc6sc7ccccc7c6c5)cc4)cc3c3cc(C4(c5ccccc5)c5ccccc5-c5ccccc54)ccc32)cc1. The molecule has 2 heterocycles. The Balaban J connectivity index is 0.880. The number of rotatable bonds is 8. The van der Waals surface area contributed by atoms with Gasteiger partial charge in [-0.15, -0.1) is 11.3 Å². The van der Waals surface area contributed by atoms with E-state index in [1.807, 2.05) is 11.3 Å². The topological polar surface area (TPSA) is 8.17 Å². The monoisotopic (exact) mass is 958 g/mol. The smallest absolute Gasteiger partial charge is 0.0713 e. The van der Waals surface area contributed by atoms with Gasteiger partial charge in [0.15, 0.2) is 0 Å². The molecule has 0 unspecified atom stereocenters. The van der Waals surface area contributed by atoms with Crippen LogP contribution in [0.3, 0.4) is 0 Å². The fourth-order valence-electron chi connectivity index (χ4n) is 12.4. The van der Waals surface area contributed by atoms with Gasteiger partial charge in [-0.2, -0.15) is 0 Å². The van der Waals surface area contributed by atoms with Crippen LogP contribution in [0.2, 0.25) is 0 Å². The summed E-state index contributed by atoms with van der Waals surface area (Å²) in [5.41, 5.74) is 18.9. The average Bonchev–Trinajstić information content (AvgIpc) is 4.12. The highest BCUT2D eigenvalue weighted by atomic mass is 32.1. The van der Waals surface area contributed by atoms with Gasteiger partial charge in [0.05, 0.1) is 16.4 Å². The predicted molar refractivity (Wildman–Crippen MR) is 314 cm³/mol. The molecule has 1 aliphatic rings. The first-order chi connectivity index (χ1) is 36.7. The number of hydrogen-bond acceptors (Lipinski definition) is 2. The predicted octanol–water partition coefficient (Wildman–Crippen LogP) is 19.5. The number of nitrogens with zero attached hydrogens (tertiary/aromatic N) is 2. The lowest BCUT2D eigenvalue weighted by Crippen LogP contribution is -2.28. The van der Waals surface area contributed by atoms with Crippen LogP contribution in [0.5, 0.6) is 0 Å². The van der Waals surface area contributed by atoms with Gasteiger partial charge in [-0.1, -0.05) is 194 Å². The van der Waals surface area contributed by atoms with Gasteiger partial charge < -0.3 is 9.47 Å². The molecule has 15 rings (SSSR count). The highest BCUT2D eigenvalue weighted by Gasteiger charge is 2.46. The van der Waals surface area contributed by atoms with Crippen molar-refractivity contribution in [2.24, 2.45) is 0 Å². The molecule has 0 spiro atoms. The number of anilines is 3. The molecule has 12 aromatic carbocycles. The van der Waals surface area contributed by atoms with Crippen LogP contribution in [0.15, 0.2) is 279 Å². The van der Waals surface area contributed by atoms with E-state index < -0.39 is 5.41 Å².